The fourth-order valence-corrected chi connectivity index (χ4v) is 0.271. The van der Waals surface area contributed by atoms with Crippen molar-refractivity contribution in [1.29, 1.82) is 0 Å². The molecule has 0 bridgehead atoms. The van der Waals surface area contributed by atoms with Crippen LogP contribution in [0.3, 0.4) is 0 Å². The van der Waals surface area contributed by atoms with Crippen molar-refractivity contribution < 1.29 is 9.50 Å². The standard InChI is InChI=1S/C5H9FO/c1-5(7)3-2-4-6/h7H,1-4H2. The van der Waals surface area contributed by atoms with Crippen LogP contribution in [-0.4, -0.2) is 11.8 Å². The third-order valence-corrected chi connectivity index (χ3v) is 0.599. The predicted octanol–water partition coefficient (Wildman–Crippen LogP) is 1.81. The Balaban J connectivity index is 2.82. The van der Waals surface area contributed by atoms with Gasteiger partial charge in [0.25, 0.3) is 0 Å². The molecule has 0 aromatic rings. The van der Waals surface area contributed by atoms with E-state index >= 15 is 0 Å². The van der Waals surface area contributed by atoms with Gasteiger partial charge in [-0.2, -0.15) is 0 Å². The number of alkyl halides is 1. The molecule has 0 aromatic carbocycles. The van der Waals surface area contributed by atoms with Gasteiger partial charge in [0.05, 0.1) is 12.4 Å². The highest BCUT2D eigenvalue weighted by Gasteiger charge is 1.85. The molecule has 0 saturated heterocycles. The molecule has 0 aliphatic heterocycles. The fourth-order valence-electron chi connectivity index (χ4n) is 0.271. The Morgan fingerprint density at radius 2 is 2.29 bits per heavy atom. The van der Waals surface area contributed by atoms with Crippen molar-refractivity contribution in [2.24, 2.45) is 0 Å². The van der Waals surface area contributed by atoms with Crippen LogP contribution in [0, 0.1) is 0 Å². The zero-order valence-corrected chi connectivity index (χ0v) is 4.15. The summed E-state index contributed by atoms with van der Waals surface area (Å²) in [7, 11) is 0. The Morgan fingerprint density at radius 1 is 1.71 bits per heavy atom. The van der Waals surface area contributed by atoms with E-state index in [9.17, 15) is 4.39 Å². The van der Waals surface area contributed by atoms with Gasteiger partial charge in [-0.1, -0.05) is 6.58 Å². The van der Waals surface area contributed by atoms with E-state index in [2.05, 4.69) is 6.58 Å². The van der Waals surface area contributed by atoms with Gasteiger partial charge in [-0.15, -0.1) is 0 Å². The van der Waals surface area contributed by atoms with E-state index in [1.54, 1.807) is 0 Å². The van der Waals surface area contributed by atoms with Crippen LogP contribution in [0.15, 0.2) is 12.3 Å². The minimum Gasteiger partial charge on any atom is -0.513 e. The Morgan fingerprint density at radius 3 is 2.43 bits per heavy atom. The molecule has 1 N–H and O–H groups in total. The Hall–Kier alpha value is -0.530. The second kappa shape index (κ2) is 3.65. The minimum absolute atomic E-state index is 0.0673. The van der Waals surface area contributed by atoms with E-state index in [0.717, 1.165) is 0 Å². The lowest BCUT2D eigenvalue weighted by molar-refractivity contribution is 0.370. The molecule has 2 heteroatoms. The molecular formula is C5H9FO. The first-order valence-corrected chi connectivity index (χ1v) is 2.20. The first kappa shape index (κ1) is 6.47. The van der Waals surface area contributed by atoms with Crippen molar-refractivity contribution >= 4 is 0 Å². The second-order valence-corrected chi connectivity index (χ2v) is 1.36. The lowest BCUT2D eigenvalue weighted by atomic mass is 10.3. The third kappa shape index (κ3) is 5.47. The van der Waals surface area contributed by atoms with E-state index in [0.29, 0.717) is 12.8 Å². The zero-order valence-electron chi connectivity index (χ0n) is 4.15. The van der Waals surface area contributed by atoms with Gasteiger partial charge in [-0.3, -0.25) is 4.39 Å². The molecule has 0 heterocycles. The first-order valence-electron chi connectivity index (χ1n) is 2.20. The molecule has 0 aliphatic rings. The van der Waals surface area contributed by atoms with Crippen molar-refractivity contribution in [3.8, 4) is 0 Å². The highest BCUT2D eigenvalue weighted by atomic mass is 19.1. The topological polar surface area (TPSA) is 20.2 Å². The highest BCUT2D eigenvalue weighted by Crippen LogP contribution is 1.96. The Kier molecular flexibility index (Phi) is 3.38. The summed E-state index contributed by atoms with van der Waals surface area (Å²) in [5.74, 6) is 0.0673. The lowest BCUT2D eigenvalue weighted by Crippen LogP contribution is -1.79. The fraction of sp³-hybridized carbons (Fsp3) is 0.600. The molecule has 0 fully saturated rings. The molecule has 7 heavy (non-hydrogen) atoms. The van der Waals surface area contributed by atoms with Crippen molar-refractivity contribution in [1.82, 2.24) is 0 Å². The van der Waals surface area contributed by atoms with Crippen LogP contribution in [0.5, 0.6) is 0 Å². The van der Waals surface area contributed by atoms with Crippen molar-refractivity contribution in [2.45, 2.75) is 12.8 Å². The molecule has 0 spiro atoms. The van der Waals surface area contributed by atoms with Crippen LogP contribution >= 0.6 is 0 Å². The zero-order chi connectivity index (χ0) is 5.70. The normalized spacial score (nSPS) is 8.71. The SMILES string of the molecule is C=C(O)CCCF. The molecule has 0 aromatic heterocycles. The summed E-state index contributed by atoms with van der Waals surface area (Å²) in [6.45, 7) is 2.81. The molecule has 0 atom stereocenters. The molecule has 0 unspecified atom stereocenters. The summed E-state index contributed by atoms with van der Waals surface area (Å²) in [5, 5.41) is 8.32. The maximum atomic E-state index is 11.2. The maximum Gasteiger partial charge on any atom is 0.0898 e. The molecular weight excluding hydrogens is 95.1 g/mol. The number of allylic oxidation sites excluding steroid dienone is 1. The van der Waals surface area contributed by atoms with Gasteiger partial charge in [0.1, 0.15) is 0 Å². The van der Waals surface area contributed by atoms with Crippen LogP contribution in [0.25, 0.3) is 0 Å². The van der Waals surface area contributed by atoms with Gasteiger partial charge in [-0.05, 0) is 6.42 Å². The first-order chi connectivity index (χ1) is 3.27. The molecule has 0 saturated carbocycles. The van der Waals surface area contributed by atoms with E-state index in [4.69, 9.17) is 5.11 Å². The average Bonchev–Trinajstić information content (AvgIpc) is 1.61. The number of aliphatic hydroxyl groups excluding tert-OH is 1. The van der Waals surface area contributed by atoms with E-state index in [1.165, 1.54) is 0 Å². The van der Waals surface area contributed by atoms with Gasteiger partial charge in [0.15, 0.2) is 0 Å². The average molecular weight is 104 g/mol. The van der Waals surface area contributed by atoms with Gasteiger partial charge in [-0.25, -0.2) is 0 Å². The summed E-state index contributed by atoms with van der Waals surface area (Å²) in [6, 6.07) is 0. The Labute approximate surface area is 42.5 Å². The van der Waals surface area contributed by atoms with Gasteiger partial charge >= 0.3 is 0 Å². The highest BCUT2D eigenvalue weighted by molar-refractivity contribution is 4.77. The lowest BCUT2D eigenvalue weighted by Gasteiger charge is -1.89. The van der Waals surface area contributed by atoms with Gasteiger partial charge in [0, 0.05) is 6.42 Å². The number of hydrogen-bond acceptors (Lipinski definition) is 1. The third-order valence-electron chi connectivity index (χ3n) is 0.599. The monoisotopic (exact) mass is 104 g/mol. The number of hydrogen-bond donors (Lipinski definition) is 1. The summed E-state index contributed by atoms with van der Waals surface area (Å²) in [5.41, 5.74) is 0. The second-order valence-electron chi connectivity index (χ2n) is 1.36. The summed E-state index contributed by atoms with van der Waals surface area (Å²) < 4.78 is 11.2. The molecule has 0 radical (unpaired) electrons. The van der Waals surface area contributed by atoms with Crippen LogP contribution in [-0.2, 0) is 0 Å². The summed E-state index contributed by atoms with van der Waals surface area (Å²) in [6.07, 6.45) is 0.770. The van der Waals surface area contributed by atoms with Gasteiger partial charge in [0.2, 0.25) is 0 Å². The molecule has 1 nitrogen and oxygen atoms in total. The summed E-state index contributed by atoms with van der Waals surface area (Å²) in [4.78, 5) is 0. The minimum atomic E-state index is -0.375. The van der Waals surface area contributed by atoms with E-state index in [1.807, 2.05) is 0 Å². The molecule has 42 valence electrons. The van der Waals surface area contributed by atoms with Crippen LogP contribution in [0.1, 0.15) is 12.8 Å². The van der Waals surface area contributed by atoms with Crippen molar-refractivity contribution in [3.63, 3.8) is 0 Å². The smallest absolute Gasteiger partial charge is 0.0898 e. The maximum absolute atomic E-state index is 11.2. The van der Waals surface area contributed by atoms with Crippen LogP contribution in [0.2, 0.25) is 0 Å². The molecule has 0 rings (SSSR count). The van der Waals surface area contributed by atoms with E-state index < -0.39 is 0 Å². The summed E-state index contributed by atoms with van der Waals surface area (Å²) >= 11 is 0. The largest absolute Gasteiger partial charge is 0.513 e. The quantitative estimate of drug-likeness (QED) is 0.541. The predicted molar refractivity (Wildman–Crippen MR) is 27.0 cm³/mol. The number of halogens is 1. The van der Waals surface area contributed by atoms with Gasteiger partial charge < -0.3 is 5.11 Å². The van der Waals surface area contributed by atoms with Crippen LogP contribution < -0.4 is 0 Å². The van der Waals surface area contributed by atoms with Crippen molar-refractivity contribution in [3.05, 3.63) is 12.3 Å². The molecule has 0 aliphatic carbocycles. The van der Waals surface area contributed by atoms with Crippen LogP contribution in [0.4, 0.5) is 4.39 Å². The molecule has 0 amide bonds. The number of aliphatic hydroxyl groups is 1. The Bertz CT molecular complexity index is 61.1. The van der Waals surface area contributed by atoms with Crippen molar-refractivity contribution in [2.75, 3.05) is 6.67 Å². The number of rotatable bonds is 3. The van der Waals surface area contributed by atoms with E-state index in [-0.39, 0.29) is 12.4 Å².